The lowest BCUT2D eigenvalue weighted by molar-refractivity contribution is -0.111. The first-order valence-electron chi connectivity index (χ1n) is 5.18. The highest BCUT2D eigenvalue weighted by molar-refractivity contribution is 6.18. The second-order valence-corrected chi connectivity index (χ2v) is 3.74. The van der Waals surface area contributed by atoms with Crippen LogP contribution >= 0.6 is 11.6 Å². The molecule has 0 saturated heterocycles. The van der Waals surface area contributed by atoms with Crippen molar-refractivity contribution in [2.24, 2.45) is 0 Å². The van der Waals surface area contributed by atoms with E-state index in [4.69, 9.17) is 16.7 Å². The van der Waals surface area contributed by atoms with Crippen LogP contribution in [0, 0.1) is 0 Å². The Labute approximate surface area is 110 Å². The van der Waals surface area contributed by atoms with Crippen molar-refractivity contribution >= 4 is 35.0 Å². The van der Waals surface area contributed by atoms with Gasteiger partial charge in [0.2, 0.25) is 5.91 Å². The SMILES string of the molecule is C=CC(=O)Nc1cccc(N(CCCl)C(=O)O)c1. The number of nitrogens with zero attached hydrogens (tertiary/aromatic N) is 1. The number of halogens is 1. The molecular formula is C12H13ClN2O3. The minimum Gasteiger partial charge on any atom is -0.465 e. The maximum Gasteiger partial charge on any atom is 0.411 e. The minimum atomic E-state index is -1.09. The molecule has 18 heavy (non-hydrogen) atoms. The zero-order valence-corrected chi connectivity index (χ0v) is 10.4. The van der Waals surface area contributed by atoms with Gasteiger partial charge in [-0.25, -0.2) is 4.79 Å². The van der Waals surface area contributed by atoms with Gasteiger partial charge in [0.05, 0.1) is 0 Å². The Morgan fingerprint density at radius 2 is 2.22 bits per heavy atom. The first-order valence-corrected chi connectivity index (χ1v) is 5.72. The molecule has 2 amide bonds. The molecule has 5 nitrogen and oxygen atoms in total. The average molecular weight is 269 g/mol. The summed E-state index contributed by atoms with van der Waals surface area (Å²) in [7, 11) is 0. The summed E-state index contributed by atoms with van der Waals surface area (Å²) in [6, 6.07) is 6.50. The van der Waals surface area contributed by atoms with E-state index in [0.717, 1.165) is 11.0 Å². The predicted molar refractivity (Wildman–Crippen MR) is 71.4 cm³/mol. The molecule has 1 aromatic rings. The Balaban J connectivity index is 2.95. The Hall–Kier alpha value is -2.01. The molecule has 0 aliphatic carbocycles. The molecule has 0 aromatic heterocycles. The zero-order valence-electron chi connectivity index (χ0n) is 9.60. The van der Waals surface area contributed by atoms with E-state index in [2.05, 4.69) is 11.9 Å². The molecule has 0 aliphatic rings. The lowest BCUT2D eigenvalue weighted by Gasteiger charge is -2.18. The topological polar surface area (TPSA) is 69.6 Å². The Kier molecular flexibility index (Phi) is 5.20. The van der Waals surface area contributed by atoms with E-state index in [1.165, 1.54) is 0 Å². The lowest BCUT2D eigenvalue weighted by atomic mass is 10.2. The average Bonchev–Trinajstić information content (AvgIpc) is 2.35. The summed E-state index contributed by atoms with van der Waals surface area (Å²) in [6.45, 7) is 3.51. The van der Waals surface area contributed by atoms with Crippen LogP contribution in [-0.2, 0) is 4.79 Å². The van der Waals surface area contributed by atoms with E-state index < -0.39 is 6.09 Å². The van der Waals surface area contributed by atoms with Crippen molar-refractivity contribution in [2.45, 2.75) is 0 Å². The first-order chi connectivity index (χ1) is 8.58. The van der Waals surface area contributed by atoms with Crippen molar-refractivity contribution in [3.8, 4) is 0 Å². The Morgan fingerprint density at radius 1 is 1.50 bits per heavy atom. The van der Waals surface area contributed by atoms with Crippen LogP contribution < -0.4 is 10.2 Å². The molecule has 0 radical (unpaired) electrons. The number of alkyl halides is 1. The van der Waals surface area contributed by atoms with E-state index in [1.807, 2.05) is 0 Å². The summed E-state index contributed by atoms with van der Waals surface area (Å²) in [6.07, 6.45) is 0.0447. The molecule has 96 valence electrons. The molecule has 0 aliphatic heterocycles. The maximum absolute atomic E-state index is 11.1. The van der Waals surface area contributed by atoms with Gasteiger partial charge in [-0.3, -0.25) is 9.69 Å². The normalized spacial score (nSPS) is 9.61. The van der Waals surface area contributed by atoms with Crippen molar-refractivity contribution in [1.29, 1.82) is 0 Å². The van der Waals surface area contributed by atoms with Crippen molar-refractivity contribution in [3.05, 3.63) is 36.9 Å². The molecule has 0 atom stereocenters. The predicted octanol–water partition coefficient (Wildman–Crippen LogP) is 2.53. The van der Waals surface area contributed by atoms with Gasteiger partial charge >= 0.3 is 6.09 Å². The number of anilines is 2. The van der Waals surface area contributed by atoms with Gasteiger partial charge < -0.3 is 10.4 Å². The molecule has 6 heteroatoms. The summed E-state index contributed by atoms with van der Waals surface area (Å²) < 4.78 is 0. The number of hydrogen-bond donors (Lipinski definition) is 2. The van der Waals surface area contributed by atoms with Gasteiger partial charge in [-0.1, -0.05) is 12.6 Å². The van der Waals surface area contributed by atoms with Crippen molar-refractivity contribution in [2.75, 3.05) is 22.6 Å². The Bertz CT molecular complexity index is 462. The molecular weight excluding hydrogens is 256 g/mol. The van der Waals surface area contributed by atoms with Gasteiger partial charge in [-0.15, -0.1) is 11.6 Å². The number of amides is 2. The van der Waals surface area contributed by atoms with Crippen molar-refractivity contribution < 1.29 is 14.7 Å². The van der Waals surface area contributed by atoms with Gasteiger partial charge in [0.1, 0.15) is 0 Å². The van der Waals surface area contributed by atoms with Crippen LogP contribution in [0.25, 0.3) is 0 Å². The van der Waals surface area contributed by atoms with Crippen molar-refractivity contribution in [3.63, 3.8) is 0 Å². The van der Waals surface area contributed by atoms with Gasteiger partial charge in [0.25, 0.3) is 0 Å². The smallest absolute Gasteiger partial charge is 0.411 e. The largest absolute Gasteiger partial charge is 0.465 e. The molecule has 0 heterocycles. The maximum atomic E-state index is 11.1. The molecule has 2 N–H and O–H groups in total. The summed E-state index contributed by atoms with van der Waals surface area (Å²) in [5, 5.41) is 11.6. The number of rotatable bonds is 5. The summed E-state index contributed by atoms with van der Waals surface area (Å²) in [5.74, 6) is -0.165. The van der Waals surface area contributed by atoms with E-state index in [0.29, 0.717) is 11.4 Å². The van der Waals surface area contributed by atoms with E-state index >= 15 is 0 Å². The summed E-state index contributed by atoms with van der Waals surface area (Å²) in [5.41, 5.74) is 0.947. The quantitative estimate of drug-likeness (QED) is 0.637. The van der Waals surface area contributed by atoms with Gasteiger partial charge in [0, 0.05) is 23.8 Å². The molecule has 0 unspecified atom stereocenters. The van der Waals surface area contributed by atoms with Crippen LogP contribution in [0.3, 0.4) is 0 Å². The lowest BCUT2D eigenvalue weighted by Crippen LogP contribution is -2.31. The number of carbonyl (C=O) groups excluding carboxylic acids is 1. The van der Waals surface area contributed by atoms with Crippen LogP contribution in [0.2, 0.25) is 0 Å². The third kappa shape index (κ3) is 3.78. The van der Waals surface area contributed by atoms with E-state index in [9.17, 15) is 9.59 Å². The van der Waals surface area contributed by atoms with Gasteiger partial charge in [0.15, 0.2) is 0 Å². The fourth-order valence-corrected chi connectivity index (χ4v) is 1.53. The van der Waals surface area contributed by atoms with Crippen LogP contribution in [0.4, 0.5) is 16.2 Å². The van der Waals surface area contributed by atoms with Gasteiger partial charge in [-0.2, -0.15) is 0 Å². The van der Waals surface area contributed by atoms with Crippen LogP contribution in [0.5, 0.6) is 0 Å². The van der Waals surface area contributed by atoms with E-state index in [-0.39, 0.29) is 18.3 Å². The number of nitrogens with one attached hydrogen (secondary N) is 1. The number of carboxylic acid groups (broad SMARTS) is 1. The fourth-order valence-electron chi connectivity index (χ4n) is 1.36. The van der Waals surface area contributed by atoms with Crippen LogP contribution in [0.1, 0.15) is 0 Å². The fraction of sp³-hybridized carbons (Fsp3) is 0.167. The molecule has 0 saturated carbocycles. The number of benzene rings is 1. The molecule has 0 fully saturated rings. The summed E-state index contributed by atoms with van der Waals surface area (Å²) in [4.78, 5) is 23.3. The van der Waals surface area contributed by atoms with E-state index in [1.54, 1.807) is 24.3 Å². The Morgan fingerprint density at radius 3 is 2.78 bits per heavy atom. The zero-order chi connectivity index (χ0) is 13.5. The highest BCUT2D eigenvalue weighted by atomic mass is 35.5. The second-order valence-electron chi connectivity index (χ2n) is 3.37. The standard InChI is InChI=1S/C12H13ClN2O3/c1-2-11(16)14-9-4-3-5-10(8-9)15(7-6-13)12(17)18/h2-5,8H,1,6-7H2,(H,14,16)(H,17,18). The number of carbonyl (C=O) groups is 2. The second kappa shape index (κ2) is 6.66. The molecule has 1 rings (SSSR count). The first kappa shape index (κ1) is 14.1. The van der Waals surface area contributed by atoms with Crippen LogP contribution in [-0.4, -0.2) is 29.5 Å². The summed E-state index contributed by atoms with van der Waals surface area (Å²) >= 11 is 5.55. The monoisotopic (exact) mass is 268 g/mol. The minimum absolute atomic E-state index is 0.176. The van der Waals surface area contributed by atoms with Gasteiger partial charge in [-0.05, 0) is 24.3 Å². The highest BCUT2D eigenvalue weighted by Crippen LogP contribution is 2.19. The molecule has 0 spiro atoms. The van der Waals surface area contributed by atoms with Crippen LogP contribution in [0.15, 0.2) is 36.9 Å². The molecule has 0 bridgehead atoms. The number of hydrogen-bond acceptors (Lipinski definition) is 2. The third-order valence-corrected chi connectivity index (χ3v) is 2.32. The highest BCUT2D eigenvalue weighted by Gasteiger charge is 2.13. The third-order valence-electron chi connectivity index (χ3n) is 2.15. The van der Waals surface area contributed by atoms with Crippen molar-refractivity contribution in [1.82, 2.24) is 0 Å². The molecule has 1 aromatic carbocycles.